The molecule has 0 spiro atoms. The third-order valence-electron chi connectivity index (χ3n) is 4.26. The van der Waals surface area contributed by atoms with Gasteiger partial charge < -0.3 is 14.6 Å². The number of hydrogen-bond donors (Lipinski definition) is 1. The molecule has 0 bridgehead atoms. The van der Waals surface area contributed by atoms with Crippen LogP contribution in [0.3, 0.4) is 0 Å². The Hall–Kier alpha value is -3.28. The van der Waals surface area contributed by atoms with Gasteiger partial charge >= 0.3 is 11.7 Å². The second kappa shape index (κ2) is 8.39. The molecule has 1 amide bonds. The minimum Gasteiger partial charge on any atom is -0.461 e. The minimum absolute atomic E-state index is 0.151. The van der Waals surface area contributed by atoms with E-state index in [4.69, 9.17) is 4.74 Å². The molecule has 0 aromatic carbocycles. The Morgan fingerprint density at radius 3 is 2.72 bits per heavy atom. The molecule has 3 aromatic heterocycles. The lowest BCUT2D eigenvalue weighted by Crippen LogP contribution is -2.37. The minimum atomic E-state index is -0.535. The van der Waals surface area contributed by atoms with E-state index in [9.17, 15) is 19.2 Å². The molecule has 154 valence electrons. The second-order valence-electron chi connectivity index (χ2n) is 6.23. The smallest absolute Gasteiger partial charge is 0.357 e. The van der Waals surface area contributed by atoms with Crippen molar-refractivity contribution in [3.8, 4) is 0 Å². The van der Waals surface area contributed by atoms with Crippen LogP contribution in [0, 0.1) is 0 Å². The summed E-state index contributed by atoms with van der Waals surface area (Å²) < 4.78 is 8.82. The van der Waals surface area contributed by atoms with E-state index in [-0.39, 0.29) is 24.6 Å². The molecule has 3 heterocycles. The Kier molecular flexibility index (Phi) is 5.92. The van der Waals surface area contributed by atoms with Crippen molar-refractivity contribution >= 4 is 39.5 Å². The van der Waals surface area contributed by atoms with Crippen LogP contribution in [-0.4, -0.2) is 42.2 Å². The quantitative estimate of drug-likeness (QED) is 0.550. The van der Waals surface area contributed by atoms with Gasteiger partial charge in [0.1, 0.15) is 0 Å². The Morgan fingerprint density at radius 1 is 1.24 bits per heavy atom. The molecule has 0 atom stereocenters. The monoisotopic (exact) mass is 420 g/mol. The summed E-state index contributed by atoms with van der Waals surface area (Å²) in [5, 5.41) is 4.47. The number of imidazole rings is 1. The summed E-state index contributed by atoms with van der Waals surface area (Å²) in [6.07, 6.45) is 2.11. The average Bonchev–Trinajstić information content (AvgIpc) is 3.32. The van der Waals surface area contributed by atoms with E-state index in [1.54, 1.807) is 18.5 Å². The van der Waals surface area contributed by atoms with Crippen LogP contribution in [0.25, 0.3) is 11.2 Å². The van der Waals surface area contributed by atoms with Crippen molar-refractivity contribution in [3.63, 3.8) is 0 Å². The number of nitrogens with one attached hydrogen (secondary N) is 1. The zero-order valence-electron chi connectivity index (χ0n) is 16.2. The van der Waals surface area contributed by atoms with E-state index < -0.39 is 17.2 Å². The van der Waals surface area contributed by atoms with Crippen molar-refractivity contribution in [3.05, 3.63) is 38.2 Å². The molecule has 3 rings (SSSR count). The molecule has 0 unspecified atom stereocenters. The van der Waals surface area contributed by atoms with E-state index >= 15 is 0 Å². The number of carbonyl (C=O) groups excluding carboxylic acids is 2. The first-order valence-electron chi connectivity index (χ1n) is 8.86. The van der Waals surface area contributed by atoms with Crippen LogP contribution in [-0.2, 0) is 30.2 Å². The molecule has 0 saturated carbocycles. The summed E-state index contributed by atoms with van der Waals surface area (Å²) in [6, 6.07) is 0. The predicted molar refractivity (Wildman–Crippen MR) is 106 cm³/mol. The highest BCUT2D eigenvalue weighted by atomic mass is 32.1. The first-order chi connectivity index (χ1) is 13.8. The summed E-state index contributed by atoms with van der Waals surface area (Å²) >= 11 is 1.14. The van der Waals surface area contributed by atoms with Crippen molar-refractivity contribution < 1.29 is 14.3 Å². The van der Waals surface area contributed by atoms with E-state index in [0.717, 1.165) is 15.9 Å². The molecule has 0 aliphatic rings. The fraction of sp³-hybridized carbons (Fsp3) is 0.412. The van der Waals surface area contributed by atoms with Gasteiger partial charge in [0.05, 0.1) is 12.9 Å². The predicted octanol–water partition coefficient (Wildman–Crippen LogP) is 0.486. The number of nitrogens with zero attached hydrogens (tertiary/aromatic N) is 5. The first kappa shape index (κ1) is 20.5. The molecule has 0 fully saturated rings. The summed E-state index contributed by atoms with van der Waals surface area (Å²) in [5.74, 6) is -0.799. The standard InChI is InChI=1S/C17H20N6O5S/c1-4-28-15(26)10-8-29-16(19-10)20-11(24)6-5-7-23-9-18-13-12(23)14(25)22(3)17(27)21(13)2/h8-9H,4-7H2,1-3H3,(H,19,20,24). The van der Waals surface area contributed by atoms with Crippen molar-refractivity contribution in [1.82, 2.24) is 23.7 Å². The lowest BCUT2D eigenvalue weighted by Gasteiger charge is -2.06. The molecule has 0 aliphatic heterocycles. The van der Waals surface area contributed by atoms with E-state index in [1.807, 2.05) is 0 Å². The number of ether oxygens (including phenoxy) is 1. The van der Waals surface area contributed by atoms with Crippen molar-refractivity contribution in [2.24, 2.45) is 14.1 Å². The van der Waals surface area contributed by atoms with Gasteiger partial charge in [-0.15, -0.1) is 11.3 Å². The third kappa shape index (κ3) is 4.11. The van der Waals surface area contributed by atoms with Crippen LogP contribution in [0.4, 0.5) is 5.13 Å². The molecule has 1 N–H and O–H groups in total. The summed E-state index contributed by atoms with van der Waals surface area (Å²) in [7, 11) is 2.96. The number of fused-ring (bicyclic) bond motifs is 1. The Bertz CT molecular complexity index is 1190. The van der Waals surface area contributed by atoms with Crippen LogP contribution in [0.1, 0.15) is 30.3 Å². The Morgan fingerprint density at radius 2 is 2.00 bits per heavy atom. The maximum atomic E-state index is 12.4. The molecule has 0 radical (unpaired) electrons. The highest BCUT2D eigenvalue weighted by molar-refractivity contribution is 7.14. The molecular weight excluding hydrogens is 400 g/mol. The first-order valence-corrected chi connectivity index (χ1v) is 9.74. The fourth-order valence-electron chi connectivity index (χ4n) is 2.79. The molecular formula is C17H20N6O5S. The average molecular weight is 420 g/mol. The molecule has 0 saturated heterocycles. The van der Waals surface area contributed by atoms with Gasteiger partial charge in [-0.1, -0.05) is 0 Å². The van der Waals surface area contributed by atoms with Gasteiger partial charge in [0.15, 0.2) is 22.0 Å². The van der Waals surface area contributed by atoms with Gasteiger partial charge in [-0.3, -0.25) is 18.7 Å². The van der Waals surface area contributed by atoms with Gasteiger partial charge in [-0.25, -0.2) is 19.6 Å². The maximum absolute atomic E-state index is 12.4. The zero-order valence-corrected chi connectivity index (χ0v) is 17.0. The zero-order chi connectivity index (χ0) is 21.1. The van der Waals surface area contributed by atoms with Gasteiger partial charge in [-0.2, -0.15) is 0 Å². The van der Waals surface area contributed by atoms with E-state index in [0.29, 0.717) is 29.3 Å². The number of aromatic nitrogens is 5. The lowest BCUT2D eigenvalue weighted by atomic mass is 10.3. The van der Waals surface area contributed by atoms with E-state index in [1.165, 1.54) is 23.3 Å². The molecule has 11 nitrogen and oxygen atoms in total. The highest BCUT2D eigenvalue weighted by Crippen LogP contribution is 2.17. The number of carbonyl (C=O) groups is 2. The summed E-state index contributed by atoms with van der Waals surface area (Å²) in [4.78, 5) is 56.3. The number of esters is 1. The number of thiazole rings is 1. The second-order valence-corrected chi connectivity index (χ2v) is 7.08. The van der Waals surface area contributed by atoms with Crippen molar-refractivity contribution in [2.45, 2.75) is 26.3 Å². The van der Waals surface area contributed by atoms with E-state index in [2.05, 4.69) is 15.3 Å². The van der Waals surface area contributed by atoms with Gasteiger partial charge in [0, 0.05) is 32.4 Å². The number of amides is 1. The lowest BCUT2D eigenvalue weighted by molar-refractivity contribution is -0.116. The van der Waals surface area contributed by atoms with Crippen molar-refractivity contribution in [2.75, 3.05) is 11.9 Å². The number of anilines is 1. The third-order valence-corrected chi connectivity index (χ3v) is 5.01. The number of aryl methyl sites for hydroxylation is 2. The van der Waals surface area contributed by atoms with Crippen molar-refractivity contribution in [1.29, 1.82) is 0 Å². The number of rotatable bonds is 7. The molecule has 3 aromatic rings. The van der Waals surface area contributed by atoms with Gasteiger partial charge in [0.2, 0.25) is 5.91 Å². The SMILES string of the molecule is CCOC(=O)c1csc(NC(=O)CCCn2cnc3c2c(=O)n(C)c(=O)n3C)n1. The Labute approximate surface area is 168 Å². The summed E-state index contributed by atoms with van der Waals surface area (Å²) in [5.41, 5.74) is -0.110. The fourth-order valence-corrected chi connectivity index (χ4v) is 3.48. The van der Waals surface area contributed by atoms with Crippen LogP contribution in [0.5, 0.6) is 0 Å². The van der Waals surface area contributed by atoms with Crippen LogP contribution in [0.2, 0.25) is 0 Å². The molecule has 12 heteroatoms. The topological polar surface area (TPSA) is 130 Å². The van der Waals surface area contributed by atoms with Gasteiger partial charge in [-0.05, 0) is 13.3 Å². The van der Waals surface area contributed by atoms with Crippen LogP contribution < -0.4 is 16.6 Å². The highest BCUT2D eigenvalue weighted by Gasteiger charge is 2.15. The normalized spacial score (nSPS) is 11.0. The summed E-state index contributed by atoms with van der Waals surface area (Å²) in [6.45, 7) is 2.33. The molecule has 0 aliphatic carbocycles. The maximum Gasteiger partial charge on any atom is 0.357 e. The largest absolute Gasteiger partial charge is 0.461 e. The Balaban J connectivity index is 1.62. The molecule has 29 heavy (non-hydrogen) atoms. The van der Waals surface area contributed by atoms with Gasteiger partial charge in [0.25, 0.3) is 5.56 Å². The van der Waals surface area contributed by atoms with Crippen LogP contribution >= 0.6 is 11.3 Å². The van der Waals surface area contributed by atoms with Crippen LogP contribution in [0.15, 0.2) is 21.3 Å². The number of hydrogen-bond acceptors (Lipinski definition) is 8.